The zero-order chi connectivity index (χ0) is 22.1. The molecule has 2 heterocycles. The normalized spacial score (nSPS) is 28.4. The van der Waals surface area contributed by atoms with E-state index in [1.54, 1.807) is 18.0 Å². The van der Waals surface area contributed by atoms with E-state index in [0.717, 1.165) is 37.1 Å². The van der Waals surface area contributed by atoms with Crippen LogP contribution in [0.3, 0.4) is 0 Å². The highest BCUT2D eigenvalue weighted by Gasteiger charge is 2.63. The van der Waals surface area contributed by atoms with Crippen LogP contribution in [0.4, 0.5) is 0 Å². The molecule has 2 aromatic heterocycles. The molecule has 0 amide bonds. The number of hydrogen-bond donors (Lipinski definition) is 0. The molecular weight excluding hydrogens is 404 g/mol. The van der Waals surface area contributed by atoms with Gasteiger partial charge in [0.25, 0.3) is 0 Å². The maximum absolute atomic E-state index is 13.6. The molecule has 2 saturated carbocycles. The van der Waals surface area contributed by atoms with E-state index in [9.17, 15) is 4.79 Å². The first kappa shape index (κ1) is 22.4. The molecule has 2 aliphatic carbocycles. The Hall–Kier alpha value is -1.75. The third kappa shape index (κ3) is 4.30. The number of hydrogen-bond acceptors (Lipinski definition) is 4. The van der Waals surface area contributed by atoms with E-state index in [1.807, 2.05) is 18.2 Å². The fourth-order valence-corrected chi connectivity index (χ4v) is 6.88. The van der Waals surface area contributed by atoms with E-state index < -0.39 is 0 Å². The third-order valence-electron chi connectivity index (χ3n) is 8.29. The average molecular weight is 441 g/mol. The molecule has 2 aromatic rings. The molecule has 2 aliphatic rings. The number of fused-ring (bicyclic) bond motifs is 2. The summed E-state index contributed by atoms with van der Waals surface area (Å²) in [5, 5.41) is 0.617. The van der Waals surface area contributed by atoms with E-state index >= 15 is 0 Å². The molecule has 2 fully saturated rings. The van der Waals surface area contributed by atoms with E-state index in [-0.39, 0.29) is 34.2 Å². The maximum atomic E-state index is 13.6. The minimum Gasteiger partial charge on any atom is -0.461 e. The van der Waals surface area contributed by atoms with Gasteiger partial charge < -0.3 is 9.30 Å². The van der Waals surface area contributed by atoms with Crippen LogP contribution in [0.1, 0.15) is 72.3 Å². The van der Waals surface area contributed by atoms with Crippen molar-refractivity contribution in [3.05, 3.63) is 48.9 Å². The minimum absolute atomic E-state index is 0.0248. The largest absolute Gasteiger partial charge is 0.461 e. The second-order valence-corrected chi connectivity index (χ2v) is 11.3. The van der Waals surface area contributed by atoms with Crippen LogP contribution in [0.25, 0.3) is 0 Å². The summed E-state index contributed by atoms with van der Waals surface area (Å²) in [6, 6.07) is 10.3. The summed E-state index contributed by atoms with van der Waals surface area (Å²) in [6.45, 7) is 9.26. The quantitative estimate of drug-likeness (QED) is 0.328. The van der Waals surface area contributed by atoms with Crippen LogP contribution in [0.2, 0.25) is 0 Å². The summed E-state index contributed by atoms with van der Waals surface area (Å²) < 4.78 is 8.56. The monoisotopic (exact) mass is 440 g/mol. The van der Waals surface area contributed by atoms with Gasteiger partial charge in [-0.1, -0.05) is 51.9 Å². The molecule has 4 nitrogen and oxygen atoms in total. The van der Waals surface area contributed by atoms with Gasteiger partial charge in [-0.3, -0.25) is 4.79 Å². The zero-order valence-electron chi connectivity index (χ0n) is 19.3. The Bertz CT molecular complexity index is 867. The molecule has 0 saturated heterocycles. The van der Waals surface area contributed by atoms with E-state index in [2.05, 4.69) is 61.8 Å². The number of carbonyl (C=O) groups is 1. The summed E-state index contributed by atoms with van der Waals surface area (Å²) in [5.41, 5.74) is 0.314. The van der Waals surface area contributed by atoms with Crippen molar-refractivity contribution in [2.24, 2.45) is 16.7 Å². The Balaban J connectivity index is 1.53. The Labute approximate surface area is 191 Å². The number of pyridine rings is 1. The molecule has 4 rings (SSSR count). The highest BCUT2D eigenvalue weighted by molar-refractivity contribution is 8.00. The first-order valence-corrected chi connectivity index (χ1v) is 12.6. The van der Waals surface area contributed by atoms with E-state index in [4.69, 9.17) is 4.74 Å². The summed E-state index contributed by atoms with van der Waals surface area (Å²) in [5.74, 6) is 0.586. The highest BCUT2D eigenvalue weighted by Crippen LogP contribution is 2.66. The molecule has 0 spiro atoms. The van der Waals surface area contributed by atoms with E-state index in [0.29, 0.717) is 5.92 Å². The number of nitrogens with zero attached hydrogens (tertiary/aromatic N) is 2. The number of ether oxygens (including phenoxy) is 1. The van der Waals surface area contributed by atoms with Gasteiger partial charge in [-0.2, -0.15) is 0 Å². The van der Waals surface area contributed by atoms with Crippen LogP contribution in [0.5, 0.6) is 0 Å². The number of carbonyl (C=O) groups excluding carboxylic acids is 1. The molecular formula is C26H36N2O2S. The molecule has 0 unspecified atom stereocenters. The molecule has 0 radical (unpaired) electrons. The molecule has 0 N–H and O–H groups in total. The Morgan fingerprint density at radius 3 is 2.61 bits per heavy atom. The second kappa shape index (κ2) is 9.01. The number of rotatable bonds is 9. The van der Waals surface area contributed by atoms with Gasteiger partial charge in [-0.15, -0.1) is 0 Å². The van der Waals surface area contributed by atoms with Crippen LogP contribution in [0.15, 0.2) is 53.9 Å². The summed E-state index contributed by atoms with van der Waals surface area (Å²) in [4.78, 5) is 18.0. The lowest BCUT2D eigenvalue weighted by atomic mass is 9.70. The van der Waals surface area contributed by atoms with Gasteiger partial charge in [0.1, 0.15) is 11.4 Å². The smallest absolute Gasteiger partial charge is 0.319 e. The zero-order valence-corrected chi connectivity index (χ0v) is 20.1. The average Bonchev–Trinajstić information content (AvgIpc) is 3.40. The summed E-state index contributed by atoms with van der Waals surface area (Å²) in [6.07, 6.45) is 12.3. The Morgan fingerprint density at radius 2 is 2.03 bits per heavy atom. The number of thioether (sulfide) groups is 1. The first-order valence-electron chi connectivity index (χ1n) is 11.8. The van der Waals surface area contributed by atoms with Crippen molar-refractivity contribution in [3.8, 4) is 0 Å². The SMILES string of the molecule is CCC[C@H](C[C@H](Sc1ccccn1)C(=O)O[C@@H]1C[C@@H]2CC[C@@]1(C)C2(C)C)n1cccc1. The maximum Gasteiger partial charge on any atom is 0.319 e. The molecule has 5 heteroatoms. The van der Waals surface area contributed by atoms with Crippen LogP contribution < -0.4 is 0 Å². The van der Waals surface area contributed by atoms with Crippen LogP contribution in [0, 0.1) is 16.7 Å². The van der Waals surface area contributed by atoms with E-state index in [1.165, 1.54) is 6.42 Å². The summed E-state index contributed by atoms with van der Waals surface area (Å²) >= 11 is 1.55. The molecule has 168 valence electrons. The number of esters is 1. The van der Waals surface area contributed by atoms with Crippen molar-refractivity contribution >= 4 is 17.7 Å². The lowest BCUT2D eigenvalue weighted by Gasteiger charge is -2.39. The third-order valence-corrected chi connectivity index (χ3v) is 9.45. The van der Waals surface area contributed by atoms with Crippen molar-refractivity contribution in [2.75, 3.05) is 0 Å². The highest BCUT2D eigenvalue weighted by atomic mass is 32.2. The van der Waals surface area contributed by atoms with Gasteiger partial charge in [-0.25, -0.2) is 4.98 Å². The van der Waals surface area contributed by atoms with Crippen molar-refractivity contribution in [1.29, 1.82) is 0 Å². The van der Waals surface area contributed by atoms with Gasteiger partial charge in [-0.05, 0) is 67.7 Å². The van der Waals surface area contributed by atoms with Gasteiger partial charge in [0, 0.05) is 30.0 Å². The van der Waals surface area contributed by atoms with Crippen LogP contribution in [-0.4, -0.2) is 26.9 Å². The van der Waals surface area contributed by atoms with Crippen molar-refractivity contribution in [2.45, 2.75) is 88.6 Å². The van der Waals surface area contributed by atoms with Crippen molar-refractivity contribution in [3.63, 3.8) is 0 Å². The molecule has 0 aliphatic heterocycles. The molecule has 5 atom stereocenters. The second-order valence-electron chi connectivity index (χ2n) is 10.1. The predicted molar refractivity (Wildman–Crippen MR) is 126 cm³/mol. The number of aromatic nitrogens is 2. The van der Waals surface area contributed by atoms with Crippen molar-refractivity contribution < 1.29 is 9.53 Å². The van der Waals surface area contributed by atoms with Crippen molar-refractivity contribution in [1.82, 2.24) is 9.55 Å². The van der Waals surface area contributed by atoms with Crippen LogP contribution >= 0.6 is 11.8 Å². The predicted octanol–water partition coefficient (Wildman–Crippen LogP) is 6.53. The first-order chi connectivity index (χ1) is 14.8. The standard InChI is InChI=1S/C26H36N2O2S/c1-5-10-20(28-15-8-9-16-28)18-21(31-23-11-6-7-14-27-23)24(29)30-22-17-19-12-13-26(22,4)25(19,2)3/h6-9,11,14-16,19-22H,5,10,12-13,17-18H2,1-4H3/t19-,20+,21-,22+,26+/m0/s1. The lowest BCUT2D eigenvalue weighted by molar-refractivity contribution is -0.156. The molecule has 31 heavy (non-hydrogen) atoms. The fourth-order valence-electron chi connectivity index (χ4n) is 5.84. The Kier molecular flexibility index (Phi) is 6.52. The van der Waals surface area contributed by atoms with Gasteiger partial charge >= 0.3 is 5.97 Å². The Morgan fingerprint density at radius 1 is 1.26 bits per heavy atom. The van der Waals surface area contributed by atoms with Gasteiger partial charge in [0.05, 0.1) is 5.03 Å². The molecule has 2 bridgehead atoms. The fraction of sp³-hybridized carbons (Fsp3) is 0.615. The lowest BCUT2D eigenvalue weighted by Crippen LogP contribution is -2.40. The van der Waals surface area contributed by atoms with Gasteiger partial charge in [0.15, 0.2) is 0 Å². The van der Waals surface area contributed by atoms with Gasteiger partial charge in [0.2, 0.25) is 0 Å². The summed E-state index contributed by atoms with van der Waals surface area (Å²) in [7, 11) is 0. The minimum atomic E-state index is -0.264. The molecule has 0 aromatic carbocycles. The van der Waals surface area contributed by atoms with Crippen LogP contribution in [-0.2, 0) is 9.53 Å². The topological polar surface area (TPSA) is 44.1 Å².